The number of rotatable bonds is 7. The minimum absolute atomic E-state index is 0.0703. The van der Waals surface area contributed by atoms with Crippen molar-refractivity contribution in [2.24, 2.45) is 0 Å². The number of aryl methyl sites for hydroxylation is 1. The number of anilines is 1. The van der Waals surface area contributed by atoms with Crippen LogP contribution in [0.5, 0.6) is 11.5 Å². The molecule has 4 rings (SSSR count). The molecule has 35 heavy (non-hydrogen) atoms. The first-order valence-corrected chi connectivity index (χ1v) is 11.3. The largest absolute Gasteiger partial charge is 0.507 e. The highest BCUT2D eigenvalue weighted by molar-refractivity contribution is 6.51. The average molecular weight is 476 g/mol. The molecule has 6 nitrogen and oxygen atoms in total. The molecular formula is C28H26FNO5. The Labute approximate surface area is 203 Å². The molecule has 1 unspecified atom stereocenters. The van der Waals surface area contributed by atoms with Crippen LogP contribution in [-0.4, -0.2) is 30.5 Å². The van der Waals surface area contributed by atoms with Crippen LogP contribution in [0.2, 0.25) is 0 Å². The number of benzene rings is 3. The number of hydrogen-bond donors (Lipinski definition) is 1. The highest BCUT2D eigenvalue weighted by Gasteiger charge is 2.47. The molecule has 0 aromatic heterocycles. The Morgan fingerprint density at radius 1 is 1.00 bits per heavy atom. The molecule has 1 amide bonds. The molecule has 1 saturated heterocycles. The monoisotopic (exact) mass is 475 g/mol. The SMILES string of the molecule is CCCOc1ccc(C2/C(=C(/O)c3ccc(F)c(C)c3)C(=O)C(=O)N2c2ccc(OC)cc2)cc1. The summed E-state index contributed by atoms with van der Waals surface area (Å²) in [4.78, 5) is 27.8. The van der Waals surface area contributed by atoms with E-state index in [0.29, 0.717) is 34.9 Å². The Morgan fingerprint density at radius 2 is 1.66 bits per heavy atom. The molecule has 0 spiro atoms. The van der Waals surface area contributed by atoms with Crippen molar-refractivity contribution in [2.45, 2.75) is 26.3 Å². The van der Waals surface area contributed by atoms with E-state index in [4.69, 9.17) is 9.47 Å². The fourth-order valence-electron chi connectivity index (χ4n) is 4.07. The zero-order valence-corrected chi connectivity index (χ0v) is 19.7. The van der Waals surface area contributed by atoms with Crippen LogP contribution in [0.15, 0.2) is 72.3 Å². The lowest BCUT2D eigenvalue weighted by molar-refractivity contribution is -0.132. The fourth-order valence-corrected chi connectivity index (χ4v) is 4.07. The Morgan fingerprint density at radius 3 is 2.26 bits per heavy atom. The highest BCUT2D eigenvalue weighted by Crippen LogP contribution is 2.42. The molecule has 1 N–H and O–H groups in total. The van der Waals surface area contributed by atoms with Gasteiger partial charge in [0.15, 0.2) is 0 Å². The second-order valence-electron chi connectivity index (χ2n) is 8.25. The van der Waals surface area contributed by atoms with E-state index in [1.54, 1.807) is 55.5 Å². The molecule has 1 aliphatic rings. The third-order valence-electron chi connectivity index (χ3n) is 5.90. The van der Waals surface area contributed by atoms with E-state index in [9.17, 15) is 19.1 Å². The lowest BCUT2D eigenvalue weighted by atomic mass is 9.94. The van der Waals surface area contributed by atoms with E-state index in [1.807, 2.05) is 6.92 Å². The smallest absolute Gasteiger partial charge is 0.300 e. The number of ether oxygens (including phenoxy) is 2. The van der Waals surface area contributed by atoms with Gasteiger partial charge in [-0.2, -0.15) is 0 Å². The second-order valence-corrected chi connectivity index (χ2v) is 8.25. The van der Waals surface area contributed by atoms with E-state index in [-0.39, 0.29) is 16.9 Å². The van der Waals surface area contributed by atoms with Crippen LogP contribution in [0, 0.1) is 12.7 Å². The summed E-state index contributed by atoms with van der Waals surface area (Å²) in [6.07, 6.45) is 0.858. The molecule has 0 saturated carbocycles. The molecule has 3 aromatic carbocycles. The number of ketones is 1. The predicted molar refractivity (Wildman–Crippen MR) is 131 cm³/mol. The number of nitrogens with zero attached hydrogens (tertiary/aromatic N) is 1. The maximum absolute atomic E-state index is 13.8. The third-order valence-corrected chi connectivity index (χ3v) is 5.90. The Hall–Kier alpha value is -4.13. The first-order valence-electron chi connectivity index (χ1n) is 11.3. The maximum Gasteiger partial charge on any atom is 0.300 e. The van der Waals surface area contributed by atoms with Crippen molar-refractivity contribution in [1.82, 2.24) is 0 Å². The third kappa shape index (κ3) is 4.62. The number of halogens is 1. The van der Waals surface area contributed by atoms with Gasteiger partial charge in [0, 0.05) is 11.3 Å². The molecule has 1 aliphatic heterocycles. The van der Waals surface area contributed by atoms with Gasteiger partial charge in [-0.25, -0.2) is 4.39 Å². The number of amides is 1. The molecule has 3 aromatic rings. The van der Waals surface area contributed by atoms with Crippen LogP contribution in [0.1, 0.15) is 36.1 Å². The van der Waals surface area contributed by atoms with Crippen LogP contribution < -0.4 is 14.4 Å². The fraction of sp³-hybridized carbons (Fsp3) is 0.214. The standard InChI is InChI=1S/C28H26FNO5/c1-4-15-35-22-10-5-18(6-11-22)25-24(26(31)19-7-14-23(29)17(2)16-19)27(32)28(33)30(25)20-8-12-21(34-3)13-9-20/h5-14,16,25,31H,4,15H2,1-3H3/b26-24-. The molecule has 0 radical (unpaired) electrons. The van der Waals surface area contributed by atoms with Gasteiger partial charge in [-0.3, -0.25) is 14.5 Å². The van der Waals surface area contributed by atoms with Gasteiger partial charge in [-0.05, 0) is 79.1 Å². The second kappa shape index (κ2) is 10.0. The molecular weight excluding hydrogens is 449 g/mol. The van der Waals surface area contributed by atoms with Gasteiger partial charge in [0.05, 0.1) is 25.3 Å². The van der Waals surface area contributed by atoms with Crippen molar-refractivity contribution >= 4 is 23.1 Å². The Kier molecular flexibility index (Phi) is 6.87. The normalized spacial score (nSPS) is 17.0. The quantitative estimate of drug-likeness (QED) is 0.275. The molecule has 180 valence electrons. The van der Waals surface area contributed by atoms with E-state index in [2.05, 4.69) is 0 Å². The summed E-state index contributed by atoms with van der Waals surface area (Å²) in [5.41, 5.74) is 1.58. The first kappa shape index (κ1) is 24.0. The highest BCUT2D eigenvalue weighted by atomic mass is 19.1. The van der Waals surface area contributed by atoms with Gasteiger partial charge in [0.1, 0.15) is 23.1 Å². The minimum atomic E-state index is -0.894. The topological polar surface area (TPSA) is 76.1 Å². The van der Waals surface area contributed by atoms with E-state index >= 15 is 0 Å². The number of methoxy groups -OCH3 is 1. The predicted octanol–water partition coefficient (Wildman–Crippen LogP) is 5.56. The zero-order valence-electron chi connectivity index (χ0n) is 19.7. The Bertz CT molecular complexity index is 1280. The van der Waals surface area contributed by atoms with Crippen molar-refractivity contribution in [3.63, 3.8) is 0 Å². The van der Waals surface area contributed by atoms with Crippen LogP contribution in [0.3, 0.4) is 0 Å². The molecule has 7 heteroatoms. The van der Waals surface area contributed by atoms with Gasteiger partial charge in [-0.15, -0.1) is 0 Å². The number of carbonyl (C=O) groups is 2. The average Bonchev–Trinajstić information content (AvgIpc) is 3.14. The van der Waals surface area contributed by atoms with Crippen LogP contribution in [0.4, 0.5) is 10.1 Å². The van der Waals surface area contributed by atoms with Gasteiger partial charge >= 0.3 is 0 Å². The lowest BCUT2D eigenvalue weighted by Gasteiger charge is -2.25. The summed E-state index contributed by atoms with van der Waals surface area (Å²) >= 11 is 0. The minimum Gasteiger partial charge on any atom is -0.507 e. The molecule has 0 bridgehead atoms. The summed E-state index contributed by atoms with van der Waals surface area (Å²) in [6, 6.07) is 17.0. The Balaban J connectivity index is 1.87. The van der Waals surface area contributed by atoms with Crippen molar-refractivity contribution < 1.29 is 28.6 Å². The summed E-state index contributed by atoms with van der Waals surface area (Å²) < 4.78 is 24.7. The van der Waals surface area contributed by atoms with Gasteiger partial charge in [0.2, 0.25) is 0 Å². The van der Waals surface area contributed by atoms with Crippen molar-refractivity contribution in [2.75, 3.05) is 18.6 Å². The number of carbonyl (C=O) groups excluding carboxylic acids is 2. The number of aliphatic hydroxyl groups excluding tert-OH is 1. The van der Waals surface area contributed by atoms with Crippen molar-refractivity contribution in [3.05, 3.63) is 94.8 Å². The van der Waals surface area contributed by atoms with E-state index in [0.717, 1.165) is 6.42 Å². The zero-order chi connectivity index (χ0) is 25.1. The van der Waals surface area contributed by atoms with Gasteiger partial charge < -0.3 is 14.6 Å². The lowest BCUT2D eigenvalue weighted by Crippen LogP contribution is -2.29. The number of hydrogen-bond acceptors (Lipinski definition) is 5. The van der Waals surface area contributed by atoms with Gasteiger partial charge in [-0.1, -0.05) is 19.1 Å². The maximum atomic E-state index is 13.8. The van der Waals surface area contributed by atoms with Crippen LogP contribution >= 0.6 is 0 Å². The summed E-state index contributed by atoms with van der Waals surface area (Å²) in [5.74, 6) is -1.13. The number of aliphatic hydroxyl groups is 1. The van der Waals surface area contributed by atoms with Crippen LogP contribution in [0.25, 0.3) is 5.76 Å². The summed E-state index contributed by atoms with van der Waals surface area (Å²) in [7, 11) is 1.54. The van der Waals surface area contributed by atoms with E-state index in [1.165, 1.54) is 30.2 Å². The molecule has 1 heterocycles. The van der Waals surface area contributed by atoms with Crippen molar-refractivity contribution in [3.8, 4) is 11.5 Å². The molecule has 1 fully saturated rings. The first-order chi connectivity index (χ1) is 16.8. The molecule has 0 aliphatic carbocycles. The molecule has 1 atom stereocenters. The summed E-state index contributed by atoms with van der Waals surface area (Å²) in [6.45, 7) is 4.13. The van der Waals surface area contributed by atoms with Crippen molar-refractivity contribution in [1.29, 1.82) is 0 Å². The van der Waals surface area contributed by atoms with E-state index < -0.39 is 23.5 Å². The summed E-state index contributed by atoms with van der Waals surface area (Å²) in [5, 5.41) is 11.2. The van der Waals surface area contributed by atoms with Crippen LogP contribution in [-0.2, 0) is 9.59 Å². The van der Waals surface area contributed by atoms with Gasteiger partial charge in [0.25, 0.3) is 11.7 Å². The number of Topliss-reactive ketones (excluding diaryl/α,β-unsaturated/α-hetero) is 1.